The van der Waals surface area contributed by atoms with Crippen molar-refractivity contribution in [3.05, 3.63) is 77.6 Å². The molecule has 40 heavy (non-hydrogen) atoms. The topological polar surface area (TPSA) is 129 Å². The summed E-state index contributed by atoms with van der Waals surface area (Å²) in [6.45, 7) is 4.66. The van der Waals surface area contributed by atoms with E-state index >= 15 is 0 Å². The minimum atomic E-state index is -3.98. The van der Waals surface area contributed by atoms with Gasteiger partial charge in [-0.25, -0.2) is 18.1 Å². The smallest absolute Gasteiger partial charge is 0.267 e. The first kappa shape index (κ1) is 25.8. The molecule has 1 unspecified atom stereocenters. The van der Waals surface area contributed by atoms with Crippen LogP contribution in [0.15, 0.2) is 65.8 Å². The molecule has 1 amide bonds. The molecular weight excluding hydrogens is 532 g/mol. The molecule has 206 valence electrons. The highest BCUT2D eigenvalue weighted by molar-refractivity contribution is 7.92. The van der Waals surface area contributed by atoms with Crippen LogP contribution in [0.4, 0.5) is 5.95 Å². The van der Waals surface area contributed by atoms with Gasteiger partial charge in [0.1, 0.15) is 16.7 Å². The number of amides is 1. The number of benzene rings is 2. The second kappa shape index (κ2) is 9.94. The van der Waals surface area contributed by atoms with Gasteiger partial charge in [0.15, 0.2) is 6.10 Å². The number of hydrogen-bond donors (Lipinski definition) is 1. The molecule has 1 atom stereocenters. The van der Waals surface area contributed by atoms with E-state index in [4.69, 9.17) is 9.47 Å². The number of sulfonamides is 1. The number of fused-ring (bicyclic) bond motifs is 1. The van der Waals surface area contributed by atoms with Gasteiger partial charge < -0.3 is 14.4 Å². The number of nitrogens with one attached hydrogen (secondary N) is 1. The fraction of sp³-hybridized carbons (Fsp3) is 0.286. The van der Waals surface area contributed by atoms with Gasteiger partial charge in [-0.2, -0.15) is 10.1 Å². The van der Waals surface area contributed by atoms with Gasteiger partial charge in [0.25, 0.3) is 15.9 Å². The first-order chi connectivity index (χ1) is 19.2. The lowest BCUT2D eigenvalue weighted by Crippen LogP contribution is -2.59. The lowest BCUT2D eigenvalue weighted by atomic mass is 10.00. The van der Waals surface area contributed by atoms with Crippen LogP contribution in [0.3, 0.4) is 0 Å². The van der Waals surface area contributed by atoms with E-state index in [1.165, 1.54) is 17.1 Å². The number of likely N-dealkylation sites (tertiary alicyclic amines) is 1. The first-order valence-electron chi connectivity index (χ1n) is 12.8. The van der Waals surface area contributed by atoms with Gasteiger partial charge in [0, 0.05) is 31.3 Å². The Morgan fingerprint density at radius 1 is 1.07 bits per heavy atom. The minimum absolute atomic E-state index is 0.0111. The highest BCUT2D eigenvalue weighted by atomic mass is 32.2. The second-order valence-corrected chi connectivity index (χ2v) is 11.7. The fourth-order valence-electron chi connectivity index (χ4n) is 4.98. The Morgan fingerprint density at radius 3 is 2.52 bits per heavy atom. The standard InChI is InChI=1S/C28H28N6O5S/c1-17-7-6-8-18(2)26(17)22-12-25(31-28(30-22)32-40(36,37)21-13-29-33(3)16-21)38-20-14-34(15-20)27(35)24-11-19-9-4-5-10-23(19)39-24/h4-10,12-13,16,20,24H,11,14-15H2,1-3H3,(H,30,31,32). The molecule has 1 N–H and O–H groups in total. The van der Waals surface area contributed by atoms with Crippen molar-refractivity contribution in [3.63, 3.8) is 0 Å². The summed E-state index contributed by atoms with van der Waals surface area (Å²) in [5, 5.41) is 3.94. The predicted molar refractivity (Wildman–Crippen MR) is 147 cm³/mol. The van der Waals surface area contributed by atoms with Crippen molar-refractivity contribution in [2.45, 2.75) is 37.4 Å². The summed E-state index contributed by atoms with van der Waals surface area (Å²) in [5.74, 6) is 0.747. The number of hydrogen-bond acceptors (Lipinski definition) is 8. The zero-order chi connectivity index (χ0) is 28.0. The summed E-state index contributed by atoms with van der Waals surface area (Å²) < 4.78 is 41.8. The molecule has 0 saturated carbocycles. The number of ether oxygens (including phenoxy) is 2. The van der Waals surface area contributed by atoms with Crippen molar-refractivity contribution < 1.29 is 22.7 Å². The van der Waals surface area contributed by atoms with E-state index < -0.39 is 16.1 Å². The fourth-order valence-corrected chi connectivity index (χ4v) is 5.91. The van der Waals surface area contributed by atoms with Gasteiger partial charge in [-0.15, -0.1) is 0 Å². The van der Waals surface area contributed by atoms with Crippen molar-refractivity contribution >= 4 is 21.9 Å². The van der Waals surface area contributed by atoms with Crippen molar-refractivity contribution in [2.24, 2.45) is 7.05 Å². The Kier molecular flexibility index (Phi) is 6.41. The van der Waals surface area contributed by atoms with E-state index in [0.717, 1.165) is 28.0 Å². The number of carbonyl (C=O) groups excluding carboxylic acids is 1. The molecule has 2 aliphatic heterocycles. The summed E-state index contributed by atoms with van der Waals surface area (Å²) in [7, 11) is -2.35. The van der Waals surface area contributed by atoms with Gasteiger partial charge in [0.05, 0.1) is 25.0 Å². The van der Waals surface area contributed by atoms with Crippen LogP contribution in [0.25, 0.3) is 11.3 Å². The van der Waals surface area contributed by atoms with E-state index in [9.17, 15) is 13.2 Å². The van der Waals surface area contributed by atoms with Gasteiger partial charge in [-0.1, -0.05) is 36.4 Å². The Bertz CT molecular complexity index is 1670. The van der Waals surface area contributed by atoms with Crippen LogP contribution in [0.1, 0.15) is 16.7 Å². The SMILES string of the molecule is Cc1cccc(C)c1-c1cc(OC2CN(C(=O)C3Cc4ccccc4O3)C2)nc(NS(=O)(=O)c2cnn(C)c2)n1. The first-order valence-corrected chi connectivity index (χ1v) is 14.3. The lowest BCUT2D eigenvalue weighted by Gasteiger charge is -2.39. The summed E-state index contributed by atoms with van der Waals surface area (Å²) in [4.78, 5) is 23.5. The number of aromatic nitrogens is 4. The summed E-state index contributed by atoms with van der Waals surface area (Å²) in [5.41, 5.74) is 4.36. The van der Waals surface area contributed by atoms with E-state index in [-0.39, 0.29) is 28.7 Å². The van der Waals surface area contributed by atoms with Crippen molar-refractivity contribution in [1.82, 2.24) is 24.6 Å². The van der Waals surface area contributed by atoms with Crippen LogP contribution in [0.5, 0.6) is 11.6 Å². The van der Waals surface area contributed by atoms with E-state index in [1.54, 1.807) is 18.0 Å². The van der Waals surface area contributed by atoms with E-state index in [1.807, 2.05) is 56.3 Å². The van der Waals surface area contributed by atoms with E-state index in [2.05, 4.69) is 19.8 Å². The average Bonchev–Trinajstić information content (AvgIpc) is 3.52. The second-order valence-electron chi connectivity index (χ2n) is 10.0. The Hall–Kier alpha value is -4.45. The van der Waals surface area contributed by atoms with Crippen LogP contribution in [-0.4, -0.2) is 64.3 Å². The number of para-hydroxylation sites is 1. The molecule has 0 spiro atoms. The van der Waals surface area contributed by atoms with E-state index in [0.29, 0.717) is 25.2 Å². The third kappa shape index (κ3) is 4.97. The number of rotatable bonds is 7. The van der Waals surface area contributed by atoms with Crippen molar-refractivity contribution in [1.29, 1.82) is 0 Å². The largest absolute Gasteiger partial charge is 0.480 e. The molecule has 0 bridgehead atoms. The van der Waals surface area contributed by atoms with Crippen LogP contribution >= 0.6 is 0 Å². The number of carbonyl (C=O) groups is 1. The zero-order valence-corrected chi connectivity index (χ0v) is 23.1. The quantitative estimate of drug-likeness (QED) is 0.365. The maximum atomic E-state index is 13.0. The molecule has 1 fully saturated rings. The minimum Gasteiger partial charge on any atom is -0.480 e. The Balaban J connectivity index is 1.21. The maximum absolute atomic E-state index is 13.0. The van der Waals surface area contributed by atoms with Crippen LogP contribution < -0.4 is 14.2 Å². The summed E-state index contributed by atoms with van der Waals surface area (Å²) in [6, 6.07) is 15.2. The van der Waals surface area contributed by atoms with Crippen molar-refractivity contribution in [2.75, 3.05) is 17.8 Å². The van der Waals surface area contributed by atoms with Gasteiger partial charge in [-0.05, 0) is 36.6 Å². The monoisotopic (exact) mass is 560 g/mol. The third-order valence-electron chi connectivity index (χ3n) is 7.03. The Morgan fingerprint density at radius 2 is 1.82 bits per heavy atom. The molecule has 2 aliphatic rings. The molecule has 6 rings (SSSR count). The number of anilines is 1. The maximum Gasteiger partial charge on any atom is 0.267 e. The molecule has 2 aromatic heterocycles. The molecular formula is C28H28N6O5S. The third-order valence-corrected chi connectivity index (χ3v) is 8.31. The normalized spacial score (nSPS) is 16.7. The molecule has 0 radical (unpaired) electrons. The lowest BCUT2D eigenvalue weighted by molar-refractivity contribution is -0.147. The molecule has 2 aromatic carbocycles. The summed E-state index contributed by atoms with van der Waals surface area (Å²) in [6.07, 6.45) is 2.34. The molecule has 4 aromatic rings. The van der Waals surface area contributed by atoms with Gasteiger partial charge >= 0.3 is 0 Å². The van der Waals surface area contributed by atoms with Crippen LogP contribution in [-0.2, 0) is 28.3 Å². The van der Waals surface area contributed by atoms with Crippen LogP contribution in [0, 0.1) is 13.8 Å². The number of aryl methyl sites for hydroxylation is 3. The highest BCUT2D eigenvalue weighted by Crippen LogP contribution is 2.32. The number of nitrogens with zero attached hydrogens (tertiary/aromatic N) is 5. The zero-order valence-electron chi connectivity index (χ0n) is 22.2. The van der Waals surface area contributed by atoms with Gasteiger partial charge in [0.2, 0.25) is 11.8 Å². The average molecular weight is 561 g/mol. The molecule has 0 aliphatic carbocycles. The molecule has 12 heteroatoms. The highest BCUT2D eigenvalue weighted by Gasteiger charge is 2.39. The molecule has 11 nitrogen and oxygen atoms in total. The summed E-state index contributed by atoms with van der Waals surface area (Å²) >= 11 is 0. The van der Waals surface area contributed by atoms with Gasteiger partial charge in [-0.3, -0.25) is 9.48 Å². The predicted octanol–water partition coefficient (Wildman–Crippen LogP) is 2.89. The van der Waals surface area contributed by atoms with Crippen LogP contribution in [0.2, 0.25) is 0 Å². The molecule has 4 heterocycles. The Labute approximate surface area is 231 Å². The molecule has 1 saturated heterocycles. The van der Waals surface area contributed by atoms with Crippen molar-refractivity contribution in [3.8, 4) is 22.9 Å².